The van der Waals surface area contributed by atoms with Gasteiger partial charge in [-0.2, -0.15) is 15.2 Å². The van der Waals surface area contributed by atoms with Crippen LogP contribution in [0.3, 0.4) is 0 Å². The first-order valence-corrected chi connectivity index (χ1v) is 16.0. The maximum Gasteiger partial charge on any atom is 0.318 e. The molecule has 2 atom stereocenters. The van der Waals surface area contributed by atoms with Crippen LogP contribution in [0.2, 0.25) is 5.02 Å². The summed E-state index contributed by atoms with van der Waals surface area (Å²) in [5.74, 6) is -1.61. The molecule has 3 heterocycles. The number of halogens is 3. The van der Waals surface area contributed by atoms with Gasteiger partial charge < -0.3 is 24.3 Å². The van der Waals surface area contributed by atoms with E-state index in [-0.39, 0.29) is 35.5 Å². The second-order valence-corrected chi connectivity index (χ2v) is 13.4. The fourth-order valence-corrected chi connectivity index (χ4v) is 7.17. The monoisotopic (exact) mass is 649 g/mol. The minimum atomic E-state index is -1.04. The number of carbonyl (C=O) groups is 1. The molecule has 1 aromatic heterocycles. The number of ether oxygens (including phenoxy) is 1. The molecule has 242 valence electrons. The predicted molar refractivity (Wildman–Crippen MR) is 174 cm³/mol. The molecular weight excluding hydrogens is 612 g/mol. The average molecular weight is 650 g/mol. The van der Waals surface area contributed by atoms with Crippen LogP contribution in [0.4, 0.5) is 20.3 Å². The standard InChI is InChI=1S/C34H38ClF2N7O2/c1-21-16-25-27(18-44(21)28-7-5-6-23-8-9-26(37)30(35)29(23)28)39-33(46-20-34(11-12-34)19-41(3)4)40-31(25)42-14-15-43(32(45)22(2)36)24(17-42)10-13-38/h5-9,21,24H,2,10-12,14-20H2,1,3-4H3/t21-,24+/m1/s1. The van der Waals surface area contributed by atoms with Gasteiger partial charge in [0.05, 0.1) is 42.4 Å². The maximum absolute atomic E-state index is 14.7. The Morgan fingerprint density at radius 1 is 1.24 bits per heavy atom. The molecule has 0 N–H and O–H groups in total. The highest BCUT2D eigenvalue weighted by atomic mass is 35.5. The second-order valence-electron chi connectivity index (χ2n) is 13.1. The third-order valence-electron chi connectivity index (χ3n) is 9.34. The van der Waals surface area contributed by atoms with Crippen LogP contribution in [0.15, 0.2) is 42.7 Å². The molecule has 2 aliphatic heterocycles. The fourth-order valence-electron chi connectivity index (χ4n) is 6.90. The van der Waals surface area contributed by atoms with Gasteiger partial charge in [0.1, 0.15) is 11.6 Å². The van der Waals surface area contributed by atoms with E-state index in [0.717, 1.165) is 41.7 Å². The summed E-state index contributed by atoms with van der Waals surface area (Å²) in [6, 6.07) is 10.8. The van der Waals surface area contributed by atoms with Crippen LogP contribution >= 0.6 is 11.6 Å². The Morgan fingerprint density at radius 3 is 2.72 bits per heavy atom. The lowest BCUT2D eigenvalue weighted by Crippen LogP contribution is -2.56. The molecule has 0 unspecified atom stereocenters. The van der Waals surface area contributed by atoms with Crippen molar-refractivity contribution in [1.29, 1.82) is 5.26 Å². The van der Waals surface area contributed by atoms with E-state index in [1.165, 1.54) is 11.0 Å². The normalized spacial score (nSPS) is 20.4. The average Bonchev–Trinajstić information content (AvgIpc) is 3.79. The van der Waals surface area contributed by atoms with Crippen LogP contribution < -0.4 is 14.5 Å². The lowest BCUT2D eigenvalue weighted by molar-refractivity contribution is -0.131. The fraction of sp³-hybridized carbons (Fsp3) is 0.471. The zero-order valence-electron chi connectivity index (χ0n) is 26.4. The topological polar surface area (TPSA) is 88.8 Å². The highest BCUT2D eigenvalue weighted by Gasteiger charge is 2.44. The van der Waals surface area contributed by atoms with Crippen molar-refractivity contribution in [2.75, 3.05) is 56.7 Å². The van der Waals surface area contributed by atoms with E-state index in [4.69, 9.17) is 26.3 Å². The van der Waals surface area contributed by atoms with E-state index in [9.17, 15) is 18.8 Å². The number of amides is 1. The molecule has 9 nitrogen and oxygen atoms in total. The number of fused-ring (bicyclic) bond motifs is 2. The molecule has 3 aromatic rings. The van der Waals surface area contributed by atoms with Crippen molar-refractivity contribution < 1.29 is 18.3 Å². The molecule has 1 aliphatic carbocycles. The molecule has 1 saturated carbocycles. The largest absolute Gasteiger partial charge is 0.463 e. The van der Waals surface area contributed by atoms with Gasteiger partial charge in [-0.1, -0.05) is 36.4 Å². The van der Waals surface area contributed by atoms with Crippen LogP contribution in [-0.2, 0) is 17.8 Å². The minimum Gasteiger partial charge on any atom is -0.463 e. The molecule has 0 radical (unpaired) electrons. The molecule has 0 bridgehead atoms. The summed E-state index contributed by atoms with van der Waals surface area (Å²) in [5.41, 5.74) is 2.62. The van der Waals surface area contributed by atoms with Crippen molar-refractivity contribution in [2.45, 2.75) is 51.2 Å². The Labute approximate surface area is 273 Å². The molecule has 6 rings (SSSR count). The smallest absolute Gasteiger partial charge is 0.318 e. The summed E-state index contributed by atoms with van der Waals surface area (Å²) in [7, 11) is 4.10. The molecule has 12 heteroatoms. The van der Waals surface area contributed by atoms with Crippen molar-refractivity contribution in [3.05, 3.63) is 64.8 Å². The van der Waals surface area contributed by atoms with Gasteiger partial charge in [0.25, 0.3) is 5.91 Å². The van der Waals surface area contributed by atoms with Crippen molar-refractivity contribution >= 4 is 39.8 Å². The number of piperazine rings is 1. The first-order valence-electron chi connectivity index (χ1n) is 15.6. The highest BCUT2D eigenvalue weighted by Crippen LogP contribution is 2.46. The van der Waals surface area contributed by atoms with Crippen LogP contribution in [0.5, 0.6) is 6.01 Å². The van der Waals surface area contributed by atoms with Crippen molar-refractivity contribution in [3.63, 3.8) is 0 Å². The Balaban J connectivity index is 1.38. The number of hydrogen-bond donors (Lipinski definition) is 0. The van der Waals surface area contributed by atoms with E-state index in [1.54, 1.807) is 6.07 Å². The molecule has 1 saturated heterocycles. The number of carbonyl (C=O) groups excluding carboxylic acids is 1. The Hall–Kier alpha value is -4.01. The molecule has 2 aromatic carbocycles. The lowest BCUT2D eigenvalue weighted by atomic mass is 9.96. The molecule has 0 spiro atoms. The van der Waals surface area contributed by atoms with Crippen LogP contribution in [-0.4, -0.2) is 84.6 Å². The van der Waals surface area contributed by atoms with Gasteiger partial charge in [-0.15, -0.1) is 0 Å². The van der Waals surface area contributed by atoms with Crippen LogP contribution in [0.25, 0.3) is 10.8 Å². The van der Waals surface area contributed by atoms with E-state index in [0.29, 0.717) is 43.9 Å². The van der Waals surface area contributed by atoms with Crippen molar-refractivity contribution in [3.8, 4) is 12.1 Å². The van der Waals surface area contributed by atoms with Crippen molar-refractivity contribution in [2.24, 2.45) is 5.41 Å². The van der Waals surface area contributed by atoms with Gasteiger partial charge in [0.15, 0.2) is 5.83 Å². The quantitative estimate of drug-likeness (QED) is 0.281. The first-order chi connectivity index (χ1) is 22.0. The van der Waals surface area contributed by atoms with Crippen LogP contribution in [0.1, 0.15) is 37.4 Å². The van der Waals surface area contributed by atoms with Gasteiger partial charge in [-0.05, 0) is 57.8 Å². The Bertz CT molecular complexity index is 1720. The summed E-state index contributed by atoms with van der Waals surface area (Å²) >= 11 is 6.53. The molecule has 46 heavy (non-hydrogen) atoms. The molecule has 3 aliphatic rings. The van der Waals surface area contributed by atoms with Crippen molar-refractivity contribution in [1.82, 2.24) is 19.8 Å². The van der Waals surface area contributed by atoms with E-state index in [1.807, 2.05) is 18.2 Å². The first kappa shape index (κ1) is 32.0. The summed E-state index contributed by atoms with van der Waals surface area (Å²) in [6.07, 6.45) is 2.76. The van der Waals surface area contributed by atoms with Gasteiger partial charge in [-0.3, -0.25) is 4.79 Å². The van der Waals surface area contributed by atoms with E-state index >= 15 is 0 Å². The summed E-state index contributed by atoms with van der Waals surface area (Å²) in [5, 5.41) is 11.1. The van der Waals surface area contributed by atoms with Crippen LogP contribution in [0, 0.1) is 22.6 Å². The number of nitriles is 1. The summed E-state index contributed by atoms with van der Waals surface area (Å²) in [6.45, 7) is 7.99. The van der Waals surface area contributed by atoms with Gasteiger partial charge in [0.2, 0.25) is 0 Å². The number of benzene rings is 2. The number of anilines is 2. The zero-order valence-corrected chi connectivity index (χ0v) is 27.2. The highest BCUT2D eigenvalue weighted by molar-refractivity contribution is 6.36. The van der Waals surface area contributed by atoms with E-state index < -0.39 is 23.6 Å². The van der Waals surface area contributed by atoms with Gasteiger partial charge in [-0.25, -0.2) is 8.78 Å². The second kappa shape index (κ2) is 12.6. The Morgan fingerprint density at radius 2 is 2.02 bits per heavy atom. The third-order valence-corrected chi connectivity index (χ3v) is 9.71. The SMILES string of the molecule is C=C(F)C(=O)N1CCN(c2nc(OCC3(CN(C)C)CC3)nc3c2C[C@@H](C)N(c2cccc4ccc(F)c(Cl)c24)C3)C[C@@H]1CC#N. The number of hydrogen-bond acceptors (Lipinski definition) is 8. The summed E-state index contributed by atoms with van der Waals surface area (Å²) < 4.78 is 34.8. The predicted octanol–water partition coefficient (Wildman–Crippen LogP) is 5.51. The molecular formula is C34H38ClF2N7O2. The molecule has 1 amide bonds. The van der Waals surface area contributed by atoms with Gasteiger partial charge >= 0.3 is 6.01 Å². The third kappa shape index (κ3) is 6.20. The lowest BCUT2D eigenvalue weighted by Gasteiger charge is -2.43. The number of aromatic nitrogens is 2. The summed E-state index contributed by atoms with van der Waals surface area (Å²) in [4.78, 5) is 30.2. The zero-order chi connectivity index (χ0) is 32.7. The number of nitrogens with zero attached hydrogens (tertiary/aromatic N) is 7. The Kier molecular flexibility index (Phi) is 8.79. The van der Waals surface area contributed by atoms with E-state index in [2.05, 4.69) is 48.4 Å². The molecule has 2 fully saturated rings. The van der Waals surface area contributed by atoms with Gasteiger partial charge in [0, 0.05) is 54.3 Å². The number of rotatable bonds is 9. The maximum atomic E-state index is 14.7. The minimum absolute atomic E-state index is 0.0194.